The van der Waals surface area contributed by atoms with Gasteiger partial charge in [0.2, 0.25) is 0 Å². The van der Waals surface area contributed by atoms with Gasteiger partial charge in [-0.2, -0.15) is 0 Å². The van der Waals surface area contributed by atoms with Crippen LogP contribution < -0.4 is 14.8 Å². The number of hydrogen-bond donors (Lipinski definition) is 3. The van der Waals surface area contributed by atoms with Gasteiger partial charge < -0.3 is 25.0 Å². The van der Waals surface area contributed by atoms with Gasteiger partial charge in [-0.05, 0) is 62.1 Å². The first-order chi connectivity index (χ1) is 16.2. The fourth-order valence-electron chi connectivity index (χ4n) is 4.83. The molecule has 3 N–H and O–H groups in total. The van der Waals surface area contributed by atoms with Gasteiger partial charge in [-0.15, -0.1) is 17.8 Å². The minimum atomic E-state index is -1.00. The smallest absolute Gasteiger partial charge is 0.172 e. The fraction of sp³-hybridized carbons (Fsp3) is 0.214. The Morgan fingerprint density at radius 2 is 1.97 bits per heavy atom. The molecular weight excluding hydrogens is 446 g/mol. The lowest BCUT2D eigenvalue weighted by Gasteiger charge is -2.35. The Bertz CT molecular complexity index is 1420. The normalized spacial score (nSPS) is 17.3. The lowest BCUT2D eigenvalue weighted by Crippen LogP contribution is -2.32. The highest BCUT2D eigenvalue weighted by atomic mass is 32.1. The molecule has 34 heavy (non-hydrogen) atoms. The van der Waals surface area contributed by atoms with Crippen molar-refractivity contribution in [3.8, 4) is 40.7 Å². The summed E-state index contributed by atoms with van der Waals surface area (Å²) in [4.78, 5) is 0.823. The number of fused-ring (bicyclic) bond motifs is 5. The predicted molar refractivity (Wildman–Crippen MR) is 138 cm³/mol. The van der Waals surface area contributed by atoms with E-state index in [-0.39, 0.29) is 11.3 Å². The Labute approximate surface area is 203 Å². The average Bonchev–Trinajstić information content (AvgIpc) is 3.25. The molecule has 172 valence electrons. The van der Waals surface area contributed by atoms with Crippen LogP contribution in [0.1, 0.15) is 48.4 Å². The molecule has 1 atom stereocenters. The number of aliphatic hydroxyl groups is 1. The van der Waals surface area contributed by atoms with Gasteiger partial charge in [-0.3, -0.25) is 0 Å². The number of anilines is 1. The van der Waals surface area contributed by atoms with Crippen LogP contribution in [0, 0.1) is 12.3 Å². The van der Waals surface area contributed by atoms with E-state index in [1.807, 2.05) is 23.6 Å². The second kappa shape index (κ2) is 7.98. The molecule has 0 bridgehead atoms. The predicted octanol–water partition coefficient (Wildman–Crippen LogP) is 6.29. The summed E-state index contributed by atoms with van der Waals surface area (Å²) in [6.45, 7) is 6.34. The van der Waals surface area contributed by atoms with E-state index >= 15 is 0 Å². The van der Waals surface area contributed by atoms with Gasteiger partial charge in [-0.25, -0.2) is 0 Å². The van der Waals surface area contributed by atoms with Crippen LogP contribution >= 0.6 is 11.3 Å². The van der Waals surface area contributed by atoms with E-state index < -0.39 is 6.10 Å². The number of allylic oxidation sites excluding steroid dienone is 1. The summed E-state index contributed by atoms with van der Waals surface area (Å²) in [5.41, 5.74) is 6.08. The lowest BCUT2D eigenvalue weighted by atomic mass is 9.83. The lowest BCUT2D eigenvalue weighted by molar-refractivity contribution is 0.239. The number of phenols is 1. The van der Waals surface area contributed by atoms with Crippen molar-refractivity contribution in [2.75, 3.05) is 12.4 Å². The summed E-state index contributed by atoms with van der Waals surface area (Å²) >= 11 is 1.48. The van der Waals surface area contributed by atoms with Crippen LogP contribution in [-0.2, 0) is 0 Å². The number of aliphatic hydroxyl groups excluding tert-OH is 1. The molecule has 6 heteroatoms. The summed E-state index contributed by atoms with van der Waals surface area (Å²) in [6, 6.07) is 9.21. The highest BCUT2D eigenvalue weighted by Gasteiger charge is 2.33. The van der Waals surface area contributed by atoms with Crippen LogP contribution in [-0.4, -0.2) is 22.9 Å². The molecular formula is C28H25NO4S. The zero-order chi connectivity index (χ0) is 24.2. The van der Waals surface area contributed by atoms with Crippen LogP contribution in [0.4, 0.5) is 5.69 Å². The molecule has 3 heterocycles. The number of rotatable bonds is 3. The zero-order valence-electron chi connectivity index (χ0n) is 19.4. The minimum Gasteiger partial charge on any atom is -0.504 e. The minimum absolute atomic E-state index is 0.0464. The monoisotopic (exact) mass is 471 g/mol. The topological polar surface area (TPSA) is 71.0 Å². The summed E-state index contributed by atoms with van der Waals surface area (Å²) in [5.74, 6) is 4.02. The van der Waals surface area contributed by atoms with Gasteiger partial charge in [-0.1, -0.05) is 18.1 Å². The Kier molecular flexibility index (Phi) is 5.20. The molecule has 2 aliphatic rings. The van der Waals surface area contributed by atoms with E-state index in [2.05, 4.69) is 44.2 Å². The molecule has 0 aliphatic carbocycles. The van der Waals surface area contributed by atoms with E-state index in [1.54, 1.807) is 12.1 Å². The summed E-state index contributed by atoms with van der Waals surface area (Å²) in [7, 11) is 1.53. The number of thiophene rings is 1. The molecule has 0 spiro atoms. The van der Waals surface area contributed by atoms with Crippen molar-refractivity contribution in [3.05, 3.63) is 63.4 Å². The zero-order valence-corrected chi connectivity index (χ0v) is 20.2. The number of methoxy groups -OCH3 is 1. The van der Waals surface area contributed by atoms with Gasteiger partial charge >= 0.3 is 0 Å². The molecule has 0 saturated carbocycles. The Balaban J connectivity index is 1.83. The molecule has 2 aromatic carbocycles. The number of ether oxygens (including phenoxy) is 2. The molecule has 2 aliphatic heterocycles. The van der Waals surface area contributed by atoms with E-state index in [0.717, 1.165) is 32.8 Å². The van der Waals surface area contributed by atoms with Crippen LogP contribution in [0.5, 0.6) is 17.2 Å². The number of hydrogen-bond acceptors (Lipinski definition) is 6. The molecule has 5 rings (SSSR count). The second-order valence-corrected chi connectivity index (χ2v) is 9.94. The van der Waals surface area contributed by atoms with Crippen molar-refractivity contribution in [2.24, 2.45) is 0 Å². The van der Waals surface area contributed by atoms with Crippen molar-refractivity contribution in [3.63, 3.8) is 0 Å². The van der Waals surface area contributed by atoms with Crippen LogP contribution in [0.25, 0.3) is 28.5 Å². The Morgan fingerprint density at radius 3 is 2.71 bits per heavy atom. The largest absolute Gasteiger partial charge is 0.504 e. The van der Waals surface area contributed by atoms with E-state index in [0.29, 0.717) is 28.4 Å². The molecule has 3 aromatic rings. The van der Waals surface area contributed by atoms with Crippen molar-refractivity contribution < 1.29 is 19.7 Å². The fourth-order valence-corrected chi connectivity index (χ4v) is 5.68. The summed E-state index contributed by atoms with van der Waals surface area (Å²) in [6.07, 6.45) is 8.61. The molecule has 0 amide bonds. The molecule has 0 radical (unpaired) electrons. The molecule has 1 unspecified atom stereocenters. The van der Waals surface area contributed by atoms with Gasteiger partial charge in [0.1, 0.15) is 17.6 Å². The molecule has 0 fully saturated rings. The highest BCUT2D eigenvalue weighted by Crippen LogP contribution is 2.54. The third kappa shape index (κ3) is 3.45. The average molecular weight is 472 g/mol. The summed E-state index contributed by atoms with van der Waals surface area (Å²) < 4.78 is 12.0. The Morgan fingerprint density at radius 1 is 1.18 bits per heavy atom. The SMILES string of the molecule is C#CC(O)c1ccsc1/C=C1\Oc2ccc(O)c(OC)c2-c2ccc3c(c21)C(C)=CC(C)(C)N3. The Hall–Kier alpha value is -3.66. The first kappa shape index (κ1) is 22.1. The van der Waals surface area contributed by atoms with Crippen molar-refractivity contribution in [1.82, 2.24) is 0 Å². The van der Waals surface area contributed by atoms with Crippen molar-refractivity contribution in [1.29, 1.82) is 0 Å². The number of terminal acetylenes is 1. The van der Waals surface area contributed by atoms with Gasteiger partial charge in [0, 0.05) is 32.8 Å². The quantitative estimate of drug-likeness (QED) is 0.392. The van der Waals surface area contributed by atoms with Crippen LogP contribution in [0.3, 0.4) is 0 Å². The van der Waals surface area contributed by atoms with Gasteiger partial charge in [0.15, 0.2) is 11.5 Å². The molecule has 5 nitrogen and oxygen atoms in total. The maximum absolute atomic E-state index is 10.5. The van der Waals surface area contributed by atoms with Crippen LogP contribution in [0.2, 0.25) is 0 Å². The van der Waals surface area contributed by atoms with Gasteiger partial charge in [0.25, 0.3) is 0 Å². The maximum atomic E-state index is 10.5. The summed E-state index contributed by atoms with van der Waals surface area (Å²) in [5, 5.41) is 26.3. The van der Waals surface area contributed by atoms with Crippen molar-refractivity contribution >= 4 is 34.4 Å². The first-order valence-corrected chi connectivity index (χ1v) is 11.8. The molecule has 1 aromatic heterocycles. The second-order valence-electron chi connectivity index (χ2n) is 9.00. The third-order valence-corrected chi connectivity index (χ3v) is 6.99. The number of benzene rings is 2. The standard InChI is InChI=1S/C28H25NO4S/c1-6-19(30)16-11-12-34-23(16)13-22-25-17(26-21(33-22)10-9-20(31)27(26)32-5)7-8-18-24(25)15(2)14-28(3,4)29-18/h1,7-14,19,29-31H,2-5H3/b22-13-. The van der Waals surface area contributed by atoms with Gasteiger partial charge in [0.05, 0.1) is 18.2 Å². The number of phenolic OH excluding ortho intramolecular Hbond substituents is 1. The third-order valence-electron chi connectivity index (χ3n) is 6.11. The van der Waals surface area contributed by atoms with E-state index in [9.17, 15) is 10.2 Å². The highest BCUT2D eigenvalue weighted by molar-refractivity contribution is 7.11. The maximum Gasteiger partial charge on any atom is 0.172 e. The van der Waals surface area contributed by atoms with E-state index in [4.69, 9.17) is 15.9 Å². The van der Waals surface area contributed by atoms with E-state index in [1.165, 1.54) is 18.4 Å². The molecule has 0 saturated heterocycles. The number of aromatic hydroxyl groups is 1. The number of nitrogens with one attached hydrogen (secondary N) is 1. The van der Waals surface area contributed by atoms with Crippen LogP contribution in [0.15, 0.2) is 41.8 Å². The first-order valence-electron chi connectivity index (χ1n) is 10.9. The van der Waals surface area contributed by atoms with Crippen molar-refractivity contribution in [2.45, 2.75) is 32.4 Å².